The molecule has 1 aliphatic rings. The second kappa shape index (κ2) is 11.3. The van der Waals surface area contributed by atoms with Crippen LogP contribution in [0.25, 0.3) is 11.0 Å². The summed E-state index contributed by atoms with van der Waals surface area (Å²) in [6.07, 6.45) is 2.51. The van der Waals surface area contributed by atoms with Crippen LogP contribution in [0.1, 0.15) is 27.0 Å². The fourth-order valence-corrected chi connectivity index (χ4v) is 7.74. The Balaban J connectivity index is 1.37. The van der Waals surface area contributed by atoms with E-state index in [1.54, 1.807) is 18.2 Å². The van der Waals surface area contributed by atoms with Crippen molar-refractivity contribution in [3.63, 3.8) is 0 Å². The Kier molecular flexibility index (Phi) is 8.12. The lowest BCUT2D eigenvalue weighted by Crippen LogP contribution is -2.42. The summed E-state index contributed by atoms with van der Waals surface area (Å²) in [4.78, 5) is 25.3. The maximum absolute atomic E-state index is 13.4. The third-order valence-electron chi connectivity index (χ3n) is 7.03. The van der Waals surface area contributed by atoms with Crippen LogP contribution < -0.4 is 5.32 Å². The summed E-state index contributed by atoms with van der Waals surface area (Å²) >= 11 is 13.1. The van der Waals surface area contributed by atoms with Gasteiger partial charge in [0.15, 0.2) is 9.84 Å². The summed E-state index contributed by atoms with van der Waals surface area (Å²) in [5, 5.41) is 12.9. The number of carbonyl (C=O) groups excluding carboxylic acids is 1. The molecule has 0 fully saturated rings. The maximum Gasteiger partial charge on any atom is 0.326 e. The van der Waals surface area contributed by atoms with E-state index < -0.39 is 37.8 Å². The van der Waals surface area contributed by atoms with E-state index in [0.717, 1.165) is 11.6 Å². The number of sulfone groups is 1. The minimum absolute atomic E-state index is 0.00673. The highest BCUT2D eigenvalue weighted by Crippen LogP contribution is 2.36. The number of furan rings is 1. The van der Waals surface area contributed by atoms with Gasteiger partial charge in [0.25, 0.3) is 5.91 Å². The topological polar surface area (TPSA) is 151 Å². The number of benzene rings is 3. The first-order valence-corrected chi connectivity index (χ1v) is 16.6. The first-order valence-electron chi connectivity index (χ1n) is 12.6. The van der Waals surface area contributed by atoms with Crippen LogP contribution in [0, 0.1) is 0 Å². The highest BCUT2D eigenvalue weighted by atomic mass is 35.5. The van der Waals surface area contributed by atoms with E-state index in [-0.39, 0.29) is 51.3 Å². The molecule has 1 amide bonds. The van der Waals surface area contributed by atoms with Crippen LogP contribution >= 0.6 is 23.2 Å². The highest BCUT2D eigenvalue weighted by molar-refractivity contribution is 7.90. The molecule has 1 aromatic heterocycles. The lowest BCUT2D eigenvalue weighted by molar-refractivity contribution is -0.139. The molecule has 220 valence electrons. The Labute approximate surface area is 251 Å². The SMILES string of the molecule is CS(=O)(=O)c1cccc(CC(NC(=O)c2c(Cl)cc3c(c2Cl)CCN(S(=O)(=O)c2ccc4ccoc4c2)C3)C(=O)O)c1. The zero-order valence-corrected chi connectivity index (χ0v) is 25.1. The van der Waals surface area contributed by atoms with Gasteiger partial charge in [0, 0.05) is 37.2 Å². The number of amides is 1. The second-order valence-electron chi connectivity index (χ2n) is 9.88. The van der Waals surface area contributed by atoms with Gasteiger partial charge in [-0.25, -0.2) is 21.6 Å². The Morgan fingerprint density at radius 3 is 2.52 bits per heavy atom. The molecule has 0 saturated heterocycles. The van der Waals surface area contributed by atoms with Crippen molar-refractivity contribution < 1.29 is 35.9 Å². The molecule has 2 heterocycles. The molecule has 3 aromatic carbocycles. The highest BCUT2D eigenvalue weighted by Gasteiger charge is 2.33. The number of carboxylic acids is 1. The number of sulfonamides is 1. The van der Waals surface area contributed by atoms with Crippen molar-refractivity contribution >= 4 is 65.9 Å². The number of nitrogens with one attached hydrogen (secondary N) is 1. The van der Waals surface area contributed by atoms with Crippen LogP contribution in [0.3, 0.4) is 0 Å². The van der Waals surface area contributed by atoms with Gasteiger partial charge in [-0.15, -0.1) is 0 Å². The van der Waals surface area contributed by atoms with Gasteiger partial charge in [-0.3, -0.25) is 4.79 Å². The number of hydrogen-bond acceptors (Lipinski definition) is 7. The lowest BCUT2D eigenvalue weighted by atomic mass is 9.97. The van der Waals surface area contributed by atoms with Crippen molar-refractivity contribution in [2.75, 3.05) is 12.8 Å². The smallest absolute Gasteiger partial charge is 0.326 e. The Hall–Kier alpha value is -3.42. The Morgan fingerprint density at radius 2 is 1.81 bits per heavy atom. The zero-order valence-electron chi connectivity index (χ0n) is 22.0. The van der Waals surface area contributed by atoms with Gasteiger partial charge in [-0.1, -0.05) is 35.3 Å². The van der Waals surface area contributed by atoms with Crippen LogP contribution in [0.15, 0.2) is 75.1 Å². The van der Waals surface area contributed by atoms with E-state index in [9.17, 15) is 31.5 Å². The molecule has 14 heteroatoms. The normalized spacial score (nSPS) is 14.8. The molecule has 0 aliphatic carbocycles. The average Bonchev–Trinajstić information content (AvgIpc) is 3.40. The van der Waals surface area contributed by atoms with E-state index in [1.807, 2.05) is 0 Å². The van der Waals surface area contributed by atoms with Crippen LogP contribution in [-0.2, 0) is 44.0 Å². The molecule has 1 atom stereocenters. The first kappa shape index (κ1) is 30.1. The van der Waals surface area contributed by atoms with Crippen molar-refractivity contribution in [2.45, 2.75) is 35.2 Å². The number of halogens is 2. The summed E-state index contributed by atoms with van der Waals surface area (Å²) < 4.78 is 57.2. The van der Waals surface area contributed by atoms with Crippen molar-refractivity contribution in [2.24, 2.45) is 0 Å². The number of hydrogen-bond donors (Lipinski definition) is 2. The monoisotopic (exact) mass is 650 g/mol. The van der Waals surface area contributed by atoms with Gasteiger partial charge < -0.3 is 14.8 Å². The third kappa shape index (κ3) is 5.90. The number of rotatable bonds is 8. The largest absolute Gasteiger partial charge is 0.480 e. The van der Waals surface area contributed by atoms with E-state index in [2.05, 4.69) is 5.32 Å². The van der Waals surface area contributed by atoms with Gasteiger partial charge in [0.1, 0.15) is 11.6 Å². The maximum atomic E-state index is 13.4. The van der Waals surface area contributed by atoms with Crippen molar-refractivity contribution in [3.8, 4) is 0 Å². The van der Waals surface area contributed by atoms with Crippen molar-refractivity contribution in [1.29, 1.82) is 0 Å². The third-order valence-corrected chi connectivity index (χ3v) is 10.7. The molecule has 1 aliphatic heterocycles. The number of nitrogens with zero attached hydrogens (tertiary/aromatic N) is 1. The number of aliphatic carboxylic acids is 1. The molecule has 4 aromatic rings. The standard InChI is InChI=1S/C28H24Cl2N2O8S2/c1-41(36,37)19-4-2-3-16(11-19)12-23(28(34)35)31-27(33)25-22(29)13-18-15-32(9-7-21(18)26(25)30)42(38,39)20-6-5-17-8-10-40-24(17)14-20/h2-6,8,10-11,13-14,23H,7,9,12,15H2,1H3,(H,31,33)(H,34,35). The second-order valence-corrected chi connectivity index (χ2v) is 14.6. The summed E-state index contributed by atoms with van der Waals surface area (Å²) in [7, 11) is -7.41. The van der Waals surface area contributed by atoms with Crippen LogP contribution in [0.2, 0.25) is 10.0 Å². The van der Waals surface area contributed by atoms with Crippen LogP contribution in [0.4, 0.5) is 0 Å². The summed E-state index contributed by atoms with van der Waals surface area (Å²) in [5.74, 6) is -2.17. The Bertz CT molecular complexity index is 1960. The zero-order chi connectivity index (χ0) is 30.4. The fraction of sp³-hybridized carbons (Fsp3) is 0.214. The minimum atomic E-state index is -3.89. The van der Waals surface area contributed by atoms with Crippen LogP contribution in [0.5, 0.6) is 0 Å². The van der Waals surface area contributed by atoms with E-state index >= 15 is 0 Å². The predicted octanol–water partition coefficient (Wildman–Crippen LogP) is 4.32. The van der Waals surface area contributed by atoms with Crippen molar-refractivity contribution in [3.05, 3.63) is 93.2 Å². The van der Waals surface area contributed by atoms with Gasteiger partial charge >= 0.3 is 5.97 Å². The fourth-order valence-electron chi connectivity index (χ4n) is 4.85. The molecule has 1 unspecified atom stereocenters. The predicted molar refractivity (Wildman–Crippen MR) is 156 cm³/mol. The van der Waals surface area contributed by atoms with Gasteiger partial charge in [0.05, 0.1) is 31.7 Å². The average molecular weight is 652 g/mol. The van der Waals surface area contributed by atoms with E-state index in [0.29, 0.717) is 22.3 Å². The van der Waals surface area contributed by atoms with Gasteiger partial charge in [-0.05, 0) is 59.5 Å². The Morgan fingerprint density at radius 1 is 1.05 bits per heavy atom. The summed E-state index contributed by atoms with van der Waals surface area (Å²) in [6, 6.07) is 12.2. The number of carboxylic acid groups (broad SMARTS) is 1. The van der Waals surface area contributed by atoms with Crippen LogP contribution in [-0.4, -0.2) is 57.0 Å². The summed E-state index contributed by atoms with van der Waals surface area (Å²) in [6.45, 7) is 0.0476. The lowest BCUT2D eigenvalue weighted by Gasteiger charge is -2.29. The molecule has 0 saturated carbocycles. The number of fused-ring (bicyclic) bond motifs is 2. The van der Waals surface area contributed by atoms with E-state index in [4.69, 9.17) is 27.6 Å². The molecule has 2 N–H and O–H groups in total. The molecule has 0 bridgehead atoms. The molecule has 0 spiro atoms. The summed E-state index contributed by atoms with van der Waals surface area (Å²) in [5.41, 5.74) is 1.75. The molecule has 10 nitrogen and oxygen atoms in total. The molecule has 0 radical (unpaired) electrons. The van der Waals surface area contributed by atoms with Gasteiger partial charge in [0.2, 0.25) is 10.0 Å². The van der Waals surface area contributed by atoms with Crippen molar-refractivity contribution in [1.82, 2.24) is 9.62 Å². The molecule has 5 rings (SSSR count). The first-order chi connectivity index (χ1) is 19.8. The molecule has 42 heavy (non-hydrogen) atoms. The molecular formula is C28H24Cl2N2O8S2. The minimum Gasteiger partial charge on any atom is -0.480 e. The molecular weight excluding hydrogens is 627 g/mol. The van der Waals surface area contributed by atoms with Gasteiger partial charge in [-0.2, -0.15) is 4.31 Å². The quantitative estimate of drug-likeness (QED) is 0.286. The number of carbonyl (C=O) groups is 2. The van der Waals surface area contributed by atoms with E-state index in [1.165, 1.54) is 47.0 Å².